The molecule has 22 heavy (non-hydrogen) atoms. The topological polar surface area (TPSA) is 102 Å². The van der Waals surface area contributed by atoms with Gasteiger partial charge >= 0.3 is 5.97 Å². The Balaban J connectivity index is 1.82. The summed E-state index contributed by atoms with van der Waals surface area (Å²) in [7, 11) is 0. The smallest absolute Gasteiger partial charge is 0.305 e. The predicted octanol–water partition coefficient (Wildman–Crippen LogP) is 0.601. The maximum atomic E-state index is 11.9. The van der Waals surface area contributed by atoms with E-state index >= 15 is 0 Å². The zero-order valence-corrected chi connectivity index (χ0v) is 12.6. The van der Waals surface area contributed by atoms with Crippen molar-refractivity contribution >= 4 is 11.9 Å². The molecule has 0 aliphatic carbocycles. The third-order valence-electron chi connectivity index (χ3n) is 3.14. The number of aromatic nitrogens is 4. The molecule has 0 aliphatic heterocycles. The average Bonchev–Trinajstić information content (AvgIpc) is 3.03. The van der Waals surface area contributed by atoms with Gasteiger partial charge in [0.15, 0.2) is 0 Å². The van der Waals surface area contributed by atoms with Crippen LogP contribution in [0.25, 0.3) is 0 Å². The summed E-state index contributed by atoms with van der Waals surface area (Å²) in [5.74, 6) is -1.18. The van der Waals surface area contributed by atoms with Crippen molar-refractivity contribution in [3.63, 3.8) is 0 Å². The van der Waals surface area contributed by atoms with Crippen molar-refractivity contribution in [1.82, 2.24) is 24.9 Å². The van der Waals surface area contributed by atoms with Crippen LogP contribution in [-0.2, 0) is 17.9 Å². The molecule has 0 spiro atoms. The van der Waals surface area contributed by atoms with Crippen molar-refractivity contribution in [2.45, 2.75) is 33.4 Å². The van der Waals surface area contributed by atoms with Gasteiger partial charge in [-0.3, -0.25) is 19.0 Å². The van der Waals surface area contributed by atoms with Gasteiger partial charge < -0.3 is 10.4 Å². The highest BCUT2D eigenvalue weighted by atomic mass is 16.4. The molecule has 8 heteroatoms. The molecule has 8 nitrogen and oxygen atoms in total. The van der Waals surface area contributed by atoms with Gasteiger partial charge in [0, 0.05) is 18.4 Å². The van der Waals surface area contributed by atoms with Crippen molar-refractivity contribution < 1.29 is 14.7 Å². The number of nitrogens with one attached hydrogen (secondary N) is 1. The maximum Gasteiger partial charge on any atom is 0.305 e. The molecule has 2 aromatic rings. The zero-order valence-electron chi connectivity index (χ0n) is 12.6. The molecule has 2 rings (SSSR count). The molecule has 0 bridgehead atoms. The molecule has 2 N–H and O–H groups in total. The van der Waals surface area contributed by atoms with E-state index in [0.717, 1.165) is 11.4 Å². The maximum absolute atomic E-state index is 11.9. The van der Waals surface area contributed by atoms with Crippen molar-refractivity contribution in [1.29, 1.82) is 0 Å². The largest absolute Gasteiger partial charge is 0.481 e. The van der Waals surface area contributed by atoms with Gasteiger partial charge in [-0.2, -0.15) is 10.2 Å². The summed E-state index contributed by atoms with van der Waals surface area (Å²) in [6.07, 6.45) is 1.57. The Bertz CT molecular complexity index is 674. The second-order valence-electron chi connectivity index (χ2n) is 5.01. The lowest BCUT2D eigenvalue weighted by atomic mass is 10.4. The normalized spacial score (nSPS) is 10.6. The van der Waals surface area contributed by atoms with Crippen LogP contribution in [0.3, 0.4) is 0 Å². The lowest BCUT2D eigenvalue weighted by Gasteiger charge is -2.05. The first-order chi connectivity index (χ1) is 10.5. The van der Waals surface area contributed by atoms with E-state index in [2.05, 4.69) is 15.5 Å². The molecule has 0 aliphatic rings. The van der Waals surface area contributed by atoms with E-state index in [-0.39, 0.29) is 24.6 Å². The Hall–Kier alpha value is -2.64. The van der Waals surface area contributed by atoms with Crippen LogP contribution in [0.5, 0.6) is 0 Å². The van der Waals surface area contributed by atoms with Gasteiger partial charge in [0.2, 0.25) is 0 Å². The number of hydrogen-bond donors (Lipinski definition) is 2. The minimum atomic E-state index is -0.897. The number of rotatable bonds is 7. The van der Waals surface area contributed by atoms with Gasteiger partial charge in [0.25, 0.3) is 5.91 Å². The van der Waals surface area contributed by atoms with Crippen molar-refractivity contribution in [3.8, 4) is 0 Å². The first kappa shape index (κ1) is 15.7. The minimum Gasteiger partial charge on any atom is -0.481 e. The molecule has 0 atom stereocenters. The SMILES string of the molecule is Cc1cc(C)n(CCNC(=O)c2ccn(CCC(=O)O)n2)n1. The molecule has 0 unspecified atom stereocenters. The zero-order chi connectivity index (χ0) is 16.1. The minimum absolute atomic E-state index is 0.0271. The van der Waals surface area contributed by atoms with Crippen molar-refractivity contribution in [2.75, 3.05) is 6.54 Å². The average molecular weight is 305 g/mol. The van der Waals surface area contributed by atoms with Gasteiger partial charge in [-0.25, -0.2) is 0 Å². The van der Waals surface area contributed by atoms with E-state index in [0.29, 0.717) is 13.1 Å². The van der Waals surface area contributed by atoms with Crippen LogP contribution in [-0.4, -0.2) is 43.1 Å². The molecular formula is C14H19N5O3. The summed E-state index contributed by atoms with van der Waals surface area (Å²) < 4.78 is 3.28. The van der Waals surface area contributed by atoms with Gasteiger partial charge in [0.1, 0.15) is 5.69 Å². The molecule has 2 heterocycles. The Morgan fingerprint density at radius 3 is 2.68 bits per heavy atom. The quantitative estimate of drug-likeness (QED) is 0.780. The van der Waals surface area contributed by atoms with Gasteiger partial charge in [0.05, 0.1) is 25.2 Å². The molecule has 0 saturated carbocycles. The highest BCUT2D eigenvalue weighted by Crippen LogP contribution is 2.01. The van der Waals surface area contributed by atoms with Crippen LogP contribution in [0.1, 0.15) is 28.3 Å². The molecular weight excluding hydrogens is 286 g/mol. The lowest BCUT2D eigenvalue weighted by molar-refractivity contribution is -0.137. The third kappa shape index (κ3) is 4.18. The van der Waals surface area contributed by atoms with Crippen molar-refractivity contribution in [3.05, 3.63) is 35.4 Å². The number of aryl methyl sites for hydroxylation is 3. The van der Waals surface area contributed by atoms with E-state index in [9.17, 15) is 9.59 Å². The standard InChI is InChI=1S/C14H19N5O3/c1-10-9-11(2)19(16-10)8-5-15-14(22)12-3-6-18(17-12)7-4-13(20)21/h3,6,9H,4-5,7-8H2,1-2H3,(H,15,22)(H,20,21). The van der Waals surface area contributed by atoms with Crippen LogP contribution in [0.15, 0.2) is 18.3 Å². The van der Waals surface area contributed by atoms with E-state index in [1.807, 2.05) is 24.6 Å². The van der Waals surface area contributed by atoms with Crippen molar-refractivity contribution in [2.24, 2.45) is 0 Å². The predicted molar refractivity (Wildman–Crippen MR) is 78.5 cm³/mol. The number of carboxylic acid groups (broad SMARTS) is 1. The van der Waals surface area contributed by atoms with Gasteiger partial charge in [-0.1, -0.05) is 0 Å². The van der Waals surface area contributed by atoms with Crippen LogP contribution in [0, 0.1) is 13.8 Å². The molecule has 118 valence electrons. The van der Waals surface area contributed by atoms with Crippen LogP contribution >= 0.6 is 0 Å². The lowest BCUT2D eigenvalue weighted by Crippen LogP contribution is -2.28. The van der Waals surface area contributed by atoms with Crippen LogP contribution in [0.2, 0.25) is 0 Å². The van der Waals surface area contributed by atoms with Gasteiger partial charge in [-0.15, -0.1) is 0 Å². The number of carbonyl (C=O) groups is 2. The summed E-state index contributed by atoms with van der Waals surface area (Å²) in [5, 5.41) is 19.7. The Morgan fingerprint density at radius 2 is 2.05 bits per heavy atom. The molecule has 2 aromatic heterocycles. The molecule has 0 fully saturated rings. The number of amides is 1. The number of aliphatic carboxylic acids is 1. The molecule has 0 saturated heterocycles. The highest BCUT2D eigenvalue weighted by molar-refractivity contribution is 5.92. The summed E-state index contributed by atoms with van der Waals surface area (Å²) in [6, 6.07) is 3.55. The Kier molecular flexibility index (Phi) is 4.92. The fourth-order valence-electron chi connectivity index (χ4n) is 2.08. The van der Waals surface area contributed by atoms with E-state index in [4.69, 9.17) is 5.11 Å². The van der Waals surface area contributed by atoms with Gasteiger partial charge in [-0.05, 0) is 26.0 Å². The summed E-state index contributed by atoms with van der Waals surface area (Å²) in [4.78, 5) is 22.4. The fraction of sp³-hybridized carbons (Fsp3) is 0.429. The number of carboxylic acids is 1. The third-order valence-corrected chi connectivity index (χ3v) is 3.14. The first-order valence-corrected chi connectivity index (χ1v) is 7.00. The van der Waals surface area contributed by atoms with E-state index in [1.54, 1.807) is 12.3 Å². The van der Waals surface area contributed by atoms with Crippen LogP contribution in [0.4, 0.5) is 0 Å². The number of hydrogen-bond acceptors (Lipinski definition) is 4. The Labute approximate surface area is 127 Å². The second-order valence-corrected chi connectivity index (χ2v) is 5.01. The van der Waals surface area contributed by atoms with E-state index in [1.165, 1.54) is 4.68 Å². The van der Waals surface area contributed by atoms with E-state index < -0.39 is 5.97 Å². The molecule has 1 amide bonds. The summed E-state index contributed by atoms with van der Waals surface area (Å²) in [5.41, 5.74) is 2.27. The molecule has 0 aromatic carbocycles. The fourth-order valence-corrected chi connectivity index (χ4v) is 2.08. The molecule has 0 radical (unpaired) electrons. The summed E-state index contributed by atoms with van der Waals surface area (Å²) >= 11 is 0. The Morgan fingerprint density at radius 1 is 1.27 bits per heavy atom. The highest BCUT2D eigenvalue weighted by Gasteiger charge is 2.10. The first-order valence-electron chi connectivity index (χ1n) is 7.00. The van der Waals surface area contributed by atoms with Crippen LogP contribution < -0.4 is 5.32 Å². The number of nitrogens with zero attached hydrogens (tertiary/aromatic N) is 4. The second kappa shape index (κ2) is 6.88. The number of carbonyl (C=O) groups excluding carboxylic acids is 1. The monoisotopic (exact) mass is 305 g/mol. The summed E-state index contributed by atoms with van der Waals surface area (Å²) in [6.45, 7) is 5.17.